The number of fused-ring (bicyclic) bond motifs is 9. The number of aromatic nitrogens is 1. The van der Waals surface area contributed by atoms with Gasteiger partial charge in [-0.05, 0) is 84.3 Å². The number of nitrogens with one attached hydrogen (secondary N) is 2. The van der Waals surface area contributed by atoms with Gasteiger partial charge in [0.2, 0.25) is 11.8 Å². The third kappa shape index (κ3) is 5.57. The number of ether oxygens (including phenoxy) is 3. The third-order valence-electron chi connectivity index (χ3n) is 10.4. The van der Waals surface area contributed by atoms with Crippen molar-refractivity contribution < 1.29 is 41.8 Å². The van der Waals surface area contributed by atoms with E-state index < -0.39 is 36.1 Å². The number of hydrogen-bond donors (Lipinski definition) is 2. The minimum Gasteiger partial charge on any atom is -0.497 e. The van der Waals surface area contributed by atoms with Crippen molar-refractivity contribution in [3.8, 4) is 17.2 Å². The summed E-state index contributed by atoms with van der Waals surface area (Å²) in [5.74, 6) is -1.31. The van der Waals surface area contributed by atoms with Gasteiger partial charge < -0.3 is 24.5 Å². The second kappa shape index (κ2) is 12.5. The molecular weight excluding hydrogens is 708 g/mol. The monoisotopic (exact) mass is 737 g/mol. The topological polar surface area (TPSA) is 127 Å². The van der Waals surface area contributed by atoms with Crippen molar-refractivity contribution in [2.24, 2.45) is 29.6 Å². The normalized spacial score (nSPS) is 26.1. The Bertz CT molecular complexity index is 2120. The van der Waals surface area contributed by atoms with E-state index >= 15 is 0 Å². The SMILES string of the molecule is COc1ccc(N2C(=O)[C@H]3[C@H]4C[C@@H]([C@@H]3C2=O)[C@@H]2[C@H](c3ccc(OCC(=O)Nc5cccc(C(F)(F)F)c5)c(OC)c3)c3sc(=O)[nH]c3S[C@H]42)cc1. The van der Waals surface area contributed by atoms with E-state index in [1.165, 1.54) is 24.1 Å². The highest BCUT2D eigenvalue weighted by Crippen LogP contribution is 2.69. The molecule has 3 fully saturated rings. The Morgan fingerprint density at radius 3 is 2.39 bits per heavy atom. The molecule has 0 unspecified atom stereocenters. The first-order chi connectivity index (χ1) is 24.5. The molecule has 7 atom stereocenters. The summed E-state index contributed by atoms with van der Waals surface area (Å²) in [4.78, 5) is 58.3. The Labute approximate surface area is 297 Å². The lowest BCUT2D eigenvalue weighted by molar-refractivity contribution is -0.137. The molecule has 2 saturated carbocycles. The number of aromatic amines is 1. The number of alkyl halides is 3. The van der Waals surface area contributed by atoms with Gasteiger partial charge >= 0.3 is 11.0 Å². The van der Waals surface area contributed by atoms with Gasteiger partial charge in [0.25, 0.3) is 5.91 Å². The Morgan fingerprint density at radius 1 is 0.941 bits per heavy atom. The first kappa shape index (κ1) is 33.4. The Balaban J connectivity index is 1.06. The molecule has 2 bridgehead atoms. The molecule has 0 radical (unpaired) electrons. The average Bonchev–Trinajstić information content (AvgIpc) is 3.85. The minimum absolute atomic E-state index is 0.0191. The van der Waals surface area contributed by atoms with E-state index in [0.29, 0.717) is 17.2 Å². The molecule has 3 heterocycles. The summed E-state index contributed by atoms with van der Waals surface area (Å²) in [6.45, 7) is -0.492. The number of carbonyl (C=O) groups excluding carboxylic acids is 3. The molecule has 4 aromatic rings. The molecule has 2 N–H and O–H groups in total. The number of benzene rings is 3. The summed E-state index contributed by atoms with van der Waals surface area (Å²) in [6, 6.07) is 16.5. The molecule has 3 amide bonds. The van der Waals surface area contributed by atoms with E-state index in [1.807, 2.05) is 6.07 Å². The largest absolute Gasteiger partial charge is 0.497 e. The number of nitrogens with zero attached hydrogens (tertiary/aromatic N) is 1. The van der Waals surface area contributed by atoms with Crippen molar-refractivity contribution in [1.29, 1.82) is 0 Å². The van der Waals surface area contributed by atoms with Gasteiger partial charge in [-0.2, -0.15) is 13.2 Å². The van der Waals surface area contributed by atoms with Crippen LogP contribution < -0.4 is 29.3 Å². The van der Waals surface area contributed by atoms with Crippen LogP contribution in [0.25, 0.3) is 0 Å². The average molecular weight is 738 g/mol. The molecule has 3 aromatic carbocycles. The predicted molar refractivity (Wildman–Crippen MR) is 183 cm³/mol. The quantitative estimate of drug-likeness (QED) is 0.206. The maximum absolute atomic E-state index is 14.1. The number of hydrogen-bond acceptors (Lipinski definition) is 9. The molecule has 0 spiro atoms. The van der Waals surface area contributed by atoms with Gasteiger partial charge in [0.15, 0.2) is 18.1 Å². The lowest BCUT2D eigenvalue weighted by Gasteiger charge is -2.43. The van der Waals surface area contributed by atoms with Crippen LogP contribution in [0.2, 0.25) is 0 Å². The first-order valence-corrected chi connectivity index (χ1v) is 17.9. The standard InChI is InChI=1S/C36H30F3N3O7S2/c1-47-20-9-7-19(8-10-20)42-33(44)28-21-14-22(29(28)34(42)45)30-27(21)26(31-32(50-30)41-35(46)51-31)16-6-11-23(24(12-16)48-2)49-15-25(43)40-18-5-3-4-17(13-18)36(37,38)39/h3-13,21-22,26-30H,14-15H2,1-2H3,(H,40,43)(H,41,46)/t21-,22-,26+,27-,28+,29+,30-/m1/s1. The smallest absolute Gasteiger partial charge is 0.416 e. The number of H-pyrrole nitrogens is 1. The Kier molecular flexibility index (Phi) is 8.17. The first-order valence-electron chi connectivity index (χ1n) is 16.2. The number of thioether (sulfide) groups is 1. The number of imide groups is 1. The number of anilines is 2. The lowest BCUT2D eigenvalue weighted by Crippen LogP contribution is -2.42. The summed E-state index contributed by atoms with van der Waals surface area (Å²) in [5.41, 5.74) is 0.433. The van der Waals surface area contributed by atoms with E-state index in [4.69, 9.17) is 14.2 Å². The molecule has 2 aliphatic carbocycles. The highest BCUT2D eigenvalue weighted by molar-refractivity contribution is 8.00. The van der Waals surface area contributed by atoms with Crippen LogP contribution >= 0.6 is 23.1 Å². The van der Waals surface area contributed by atoms with Crippen LogP contribution in [0.3, 0.4) is 0 Å². The maximum Gasteiger partial charge on any atom is 0.416 e. The zero-order valence-corrected chi connectivity index (χ0v) is 28.7. The number of rotatable bonds is 8. The summed E-state index contributed by atoms with van der Waals surface area (Å²) >= 11 is 2.72. The van der Waals surface area contributed by atoms with Gasteiger partial charge in [-0.15, -0.1) is 11.8 Å². The van der Waals surface area contributed by atoms with Crippen molar-refractivity contribution in [3.05, 3.63) is 92.4 Å². The molecule has 15 heteroatoms. The molecule has 1 aromatic heterocycles. The number of thiazole rings is 1. The molecule has 1 saturated heterocycles. The fraction of sp³-hybridized carbons (Fsp3) is 0.333. The maximum atomic E-state index is 14.1. The van der Waals surface area contributed by atoms with E-state index in [0.717, 1.165) is 45.4 Å². The summed E-state index contributed by atoms with van der Waals surface area (Å²) in [6.07, 6.45) is -3.83. The molecule has 264 valence electrons. The predicted octanol–water partition coefficient (Wildman–Crippen LogP) is 6.17. The van der Waals surface area contributed by atoms with Crippen molar-refractivity contribution in [3.63, 3.8) is 0 Å². The zero-order valence-electron chi connectivity index (χ0n) is 27.1. The molecule has 51 heavy (non-hydrogen) atoms. The highest BCUT2D eigenvalue weighted by Gasteiger charge is 2.69. The Morgan fingerprint density at radius 2 is 1.69 bits per heavy atom. The van der Waals surface area contributed by atoms with Gasteiger partial charge in [0, 0.05) is 21.7 Å². The molecule has 10 nitrogen and oxygen atoms in total. The van der Waals surface area contributed by atoms with Crippen LogP contribution in [-0.4, -0.2) is 48.8 Å². The molecule has 8 rings (SSSR count). The second-order valence-electron chi connectivity index (χ2n) is 13.0. The number of methoxy groups -OCH3 is 2. The minimum atomic E-state index is -4.55. The molecule has 4 aliphatic rings. The number of halogens is 3. The van der Waals surface area contributed by atoms with Gasteiger partial charge in [-0.25, -0.2) is 0 Å². The Hall–Kier alpha value is -4.76. The van der Waals surface area contributed by atoms with E-state index in [1.54, 1.807) is 55.3 Å². The summed E-state index contributed by atoms with van der Waals surface area (Å²) in [5, 5.41) is 3.16. The van der Waals surface area contributed by atoms with E-state index in [2.05, 4.69) is 10.3 Å². The van der Waals surface area contributed by atoms with Crippen LogP contribution in [0.1, 0.15) is 28.3 Å². The van der Waals surface area contributed by atoms with Crippen molar-refractivity contribution in [2.75, 3.05) is 31.0 Å². The van der Waals surface area contributed by atoms with Crippen molar-refractivity contribution in [2.45, 2.75) is 28.8 Å². The number of amides is 3. The van der Waals surface area contributed by atoms with Crippen LogP contribution in [-0.2, 0) is 20.6 Å². The van der Waals surface area contributed by atoms with Gasteiger partial charge in [0.05, 0.1) is 42.3 Å². The fourth-order valence-corrected chi connectivity index (χ4v) is 11.4. The summed E-state index contributed by atoms with van der Waals surface area (Å²) in [7, 11) is 3.00. The lowest BCUT2D eigenvalue weighted by atomic mass is 9.68. The van der Waals surface area contributed by atoms with E-state index in [-0.39, 0.29) is 57.0 Å². The van der Waals surface area contributed by atoms with Crippen LogP contribution in [0, 0.1) is 29.6 Å². The van der Waals surface area contributed by atoms with Crippen LogP contribution in [0.4, 0.5) is 24.5 Å². The molecule has 2 aliphatic heterocycles. The van der Waals surface area contributed by atoms with Gasteiger partial charge in [-0.1, -0.05) is 23.5 Å². The van der Waals surface area contributed by atoms with Crippen LogP contribution in [0.5, 0.6) is 17.2 Å². The zero-order chi connectivity index (χ0) is 35.8. The van der Waals surface area contributed by atoms with Crippen molar-refractivity contribution in [1.82, 2.24) is 4.98 Å². The van der Waals surface area contributed by atoms with E-state index in [9.17, 15) is 32.3 Å². The number of carbonyl (C=O) groups is 3. The highest BCUT2D eigenvalue weighted by atomic mass is 32.2. The summed E-state index contributed by atoms with van der Waals surface area (Å²) < 4.78 is 56.0. The third-order valence-corrected chi connectivity index (χ3v) is 13.0. The van der Waals surface area contributed by atoms with Crippen LogP contribution in [0.15, 0.2) is 76.6 Å². The second-order valence-corrected chi connectivity index (χ2v) is 15.2. The fourth-order valence-electron chi connectivity index (χ4n) is 8.49. The van der Waals surface area contributed by atoms with Crippen molar-refractivity contribution >= 4 is 52.2 Å². The van der Waals surface area contributed by atoms with Gasteiger partial charge in [-0.3, -0.25) is 24.1 Å². The van der Waals surface area contributed by atoms with Gasteiger partial charge in [0.1, 0.15) is 5.75 Å². The molecular formula is C36H30F3N3O7S2.